The molecule has 0 aliphatic carbocycles. The van der Waals surface area contributed by atoms with Crippen LogP contribution in [0.15, 0.2) is 11.6 Å². The van der Waals surface area contributed by atoms with E-state index in [1.807, 2.05) is 13.8 Å². The van der Waals surface area contributed by atoms with E-state index in [0.717, 1.165) is 25.8 Å². The van der Waals surface area contributed by atoms with Crippen LogP contribution in [0.2, 0.25) is 0 Å². The fourth-order valence-electron chi connectivity index (χ4n) is 4.17. The van der Waals surface area contributed by atoms with Crippen molar-refractivity contribution in [1.82, 2.24) is 15.1 Å². The SMILES string of the molecule is CCOC(=O)/C(C)=C/[C@H](C(C)C)N(C)C(=O)[C@@H](C)N[C@H](O)C1CCCCN1C(C)C. The minimum atomic E-state index is -0.769. The van der Waals surface area contributed by atoms with Crippen molar-refractivity contribution in [3.8, 4) is 0 Å². The summed E-state index contributed by atoms with van der Waals surface area (Å²) < 4.78 is 5.06. The zero-order valence-corrected chi connectivity index (χ0v) is 20.1. The fraction of sp³-hybridized carbons (Fsp3) is 0.826. The number of carbonyl (C=O) groups excluding carboxylic acids is 2. The number of nitrogens with zero attached hydrogens (tertiary/aromatic N) is 2. The van der Waals surface area contributed by atoms with Gasteiger partial charge in [0.05, 0.1) is 18.7 Å². The van der Waals surface area contributed by atoms with Crippen LogP contribution in [0.1, 0.15) is 67.7 Å². The third-order valence-corrected chi connectivity index (χ3v) is 5.91. The monoisotopic (exact) mass is 425 g/mol. The summed E-state index contributed by atoms with van der Waals surface area (Å²) in [5.74, 6) is -0.362. The van der Waals surface area contributed by atoms with Crippen LogP contribution in [-0.4, -0.2) is 77.4 Å². The van der Waals surface area contributed by atoms with E-state index in [2.05, 4.69) is 24.1 Å². The first-order valence-corrected chi connectivity index (χ1v) is 11.3. The Labute approximate surface area is 182 Å². The maximum absolute atomic E-state index is 13.1. The number of hydrogen-bond donors (Lipinski definition) is 2. The standard InChI is InChI=1S/C23H43N3O4/c1-9-30-23(29)17(6)14-20(15(2)3)25(8)22(28)18(7)24-21(27)19-12-10-11-13-26(19)16(4)5/h14-16,18-21,24,27H,9-13H2,1-8H3/b17-14+/t18-,19?,20-,21-/m1/s1. The molecule has 0 aromatic rings. The van der Waals surface area contributed by atoms with Crippen LogP contribution < -0.4 is 5.32 Å². The van der Waals surface area contributed by atoms with Crippen molar-refractivity contribution >= 4 is 11.9 Å². The molecule has 4 atom stereocenters. The smallest absolute Gasteiger partial charge is 0.333 e. The summed E-state index contributed by atoms with van der Waals surface area (Å²) in [5.41, 5.74) is 0.491. The van der Waals surface area contributed by atoms with Gasteiger partial charge < -0.3 is 14.7 Å². The molecule has 0 aromatic carbocycles. The lowest BCUT2D eigenvalue weighted by Crippen LogP contribution is -2.58. The number of aliphatic hydroxyl groups is 1. The van der Waals surface area contributed by atoms with E-state index in [4.69, 9.17) is 4.74 Å². The first-order chi connectivity index (χ1) is 14.0. The van der Waals surface area contributed by atoms with Gasteiger partial charge in [-0.3, -0.25) is 15.0 Å². The quantitative estimate of drug-likeness (QED) is 0.318. The minimum Gasteiger partial charge on any atom is -0.463 e. The predicted octanol–water partition coefficient (Wildman–Crippen LogP) is 2.54. The average Bonchev–Trinajstić information content (AvgIpc) is 2.70. The van der Waals surface area contributed by atoms with Crippen molar-refractivity contribution in [3.05, 3.63) is 11.6 Å². The molecule has 1 rings (SSSR count). The second kappa shape index (κ2) is 12.4. The molecule has 1 fully saturated rings. The molecule has 7 heteroatoms. The van der Waals surface area contributed by atoms with E-state index in [1.165, 1.54) is 0 Å². The number of nitrogens with one attached hydrogen (secondary N) is 1. The number of rotatable bonds is 10. The molecule has 0 aromatic heterocycles. The van der Waals surface area contributed by atoms with Crippen LogP contribution in [0.4, 0.5) is 0 Å². The summed E-state index contributed by atoms with van der Waals surface area (Å²) in [6.07, 6.45) is 4.17. The Hall–Kier alpha value is -1.44. The third-order valence-electron chi connectivity index (χ3n) is 5.91. The normalized spacial score (nSPS) is 21.4. The second-order valence-corrected chi connectivity index (χ2v) is 8.98. The molecule has 0 radical (unpaired) electrons. The summed E-state index contributed by atoms with van der Waals surface area (Å²) >= 11 is 0. The lowest BCUT2D eigenvalue weighted by Gasteiger charge is -2.42. The zero-order chi connectivity index (χ0) is 23.0. The van der Waals surface area contributed by atoms with E-state index in [1.54, 1.807) is 38.8 Å². The highest BCUT2D eigenvalue weighted by Gasteiger charge is 2.33. The Morgan fingerprint density at radius 1 is 1.23 bits per heavy atom. The van der Waals surface area contributed by atoms with Crippen molar-refractivity contribution in [2.75, 3.05) is 20.2 Å². The number of likely N-dealkylation sites (N-methyl/N-ethyl adjacent to an activating group) is 1. The zero-order valence-electron chi connectivity index (χ0n) is 20.1. The van der Waals surface area contributed by atoms with E-state index < -0.39 is 12.3 Å². The first-order valence-electron chi connectivity index (χ1n) is 11.3. The summed E-state index contributed by atoms with van der Waals surface area (Å²) in [6, 6.07) is -0.434. The summed E-state index contributed by atoms with van der Waals surface area (Å²) in [4.78, 5) is 29.0. The number of ether oxygens (including phenoxy) is 1. The highest BCUT2D eigenvalue weighted by Crippen LogP contribution is 2.22. The fourth-order valence-corrected chi connectivity index (χ4v) is 4.17. The van der Waals surface area contributed by atoms with Crippen LogP contribution in [0.5, 0.6) is 0 Å². The number of aliphatic hydroxyl groups excluding tert-OH is 1. The molecule has 1 amide bonds. The molecule has 1 heterocycles. The topological polar surface area (TPSA) is 82.1 Å². The van der Waals surface area contributed by atoms with Gasteiger partial charge in [-0.15, -0.1) is 0 Å². The summed E-state index contributed by atoms with van der Waals surface area (Å²) in [5, 5.41) is 13.9. The third kappa shape index (κ3) is 7.36. The molecule has 1 aliphatic rings. The summed E-state index contributed by atoms with van der Waals surface area (Å²) in [6.45, 7) is 14.8. The number of likely N-dealkylation sites (tertiary alicyclic amines) is 1. The average molecular weight is 426 g/mol. The molecule has 30 heavy (non-hydrogen) atoms. The molecule has 0 spiro atoms. The molecule has 1 aliphatic heterocycles. The molecule has 1 unspecified atom stereocenters. The minimum absolute atomic E-state index is 0.00570. The van der Waals surface area contributed by atoms with Gasteiger partial charge in [0.1, 0.15) is 6.23 Å². The predicted molar refractivity (Wildman–Crippen MR) is 120 cm³/mol. The molecule has 174 valence electrons. The Bertz CT molecular complexity index is 591. The summed E-state index contributed by atoms with van der Waals surface area (Å²) in [7, 11) is 1.74. The van der Waals surface area contributed by atoms with Gasteiger partial charge in [0.15, 0.2) is 0 Å². The molecule has 0 saturated carbocycles. The van der Waals surface area contributed by atoms with Gasteiger partial charge in [0.2, 0.25) is 5.91 Å². The molecule has 0 bridgehead atoms. The molecular formula is C23H43N3O4. The molecule has 2 N–H and O–H groups in total. The van der Waals surface area contributed by atoms with Gasteiger partial charge in [-0.1, -0.05) is 26.3 Å². The van der Waals surface area contributed by atoms with Crippen molar-refractivity contribution in [2.24, 2.45) is 5.92 Å². The van der Waals surface area contributed by atoms with Gasteiger partial charge in [0.25, 0.3) is 0 Å². The number of hydrogen-bond acceptors (Lipinski definition) is 6. The van der Waals surface area contributed by atoms with Crippen molar-refractivity contribution in [1.29, 1.82) is 0 Å². The molecule has 1 saturated heterocycles. The van der Waals surface area contributed by atoms with Crippen LogP contribution in [0.25, 0.3) is 0 Å². The van der Waals surface area contributed by atoms with Crippen LogP contribution in [0.3, 0.4) is 0 Å². The number of amides is 1. The maximum Gasteiger partial charge on any atom is 0.333 e. The number of carbonyl (C=O) groups is 2. The van der Waals surface area contributed by atoms with E-state index in [0.29, 0.717) is 18.2 Å². The highest BCUT2D eigenvalue weighted by molar-refractivity contribution is 5.88. The number of esters is 1. The van der Waals surface area contributed by atoms with Gasteiger partial charge >= 0.3 is 5.97 Å². The van der Waals surface area contributed by atoms with Crippen molar-refractivity contribution < 1.29 is 19.4 Å². The van der Waals surface area contributed by atoms with Crippen LogP contribution in [0, 0.1) is 5.92 Å². The molecule has 7 nitrogen and oxygen atoms in total. The second-order valence-electron chi connectivity index (χ2n) is 8.98. The van der Waals surface area contributed by atoms with E-state index in [9.17, 15) is 14.7 Å². The highest BCUT2D eigenvalue weighted by atomic mass is 16.5. The van der Waals surface area contributed by atoms with Crippen molar-refractivity contribution in [2.45, 2.75) is 98.1 Å². The van der Waals surface area contributed by atoms with Gasteiger partial charge in [-0.25, -0.2) is 4.79 Å². The maximum atomic E-state index is 13.1. The largest absolute Gasteiger partial charge is 0.463 e. The Morgan fingerprint density at radius 3 is 2.40 bits per heavy atom. The van der Waals surface area contributed by atoms with E-state index >= 15 is 0 Å². The van der Waals surface area contributed by atoms with E-state index in [-0.39, 0.29) is 29.9 Å². The molecular weight excluding hydrogens is 382 g/mol. The number of piperidine rings is 1. The van der Waals surface area contributed by atoms with Gasteiger partial charge in [-0.05, 0) is 59.9 Å². The van der Waals surface area contributed by atoms with Crippen LogP contribution in [-0.2, 0) is 14.3 Å². The van der Waals surface area contributed by atoms with Gasteiger partial charge in [0, 0.05) is 24.7 Å². The Morgan fingerprint density at radius 2 is 1.87 bits per heavy atom. The Balaban J connectivity index is 2.85. The first kappa shape index (κ1) is 26.6. The van der Waals surface area contributed by atoms with Gasteiger partial charge in [-0.2, -0.15) is 0 Å². The van der Waals surface area contributed by atoms with Crippen LogP contribution >= 0.6 is 0 Å². The lowest BCUT2D eigenvalue weighted by molar-refractivity contribution is -0.139. The van der Waals surface area contributed by atoms with Crippen molar-refractivity contribution in [3.63, 3.8) is 0 Å². The lowest BCUT2D eigenvalue weighted by atomic mass is 9.98. The Kier molecular flexibility index (Phi) is 11.0.